The average molecular weight is 628 g/mol. The van der Waals surface area contributed by atoms with Crippen LogP contribution in [0.2, 0.25) is 0 Å². The van der Waals surface area contributed by atoms with E-state index < -0.39 is 38.3 Å². The van der Waals surface area contributed by atoms with Crippen LogP contribution in [-0.4, -0.2) is 49.6 Å². The third-order valence-electron chi connectivity index (χ3n) is 6.29. The number of nitrogens with one attached hydrogen (secondary N) is 2. The molecule has 14 heteroatoms. The van der Waals surface area contributed by atoms with Gasteiger partial charge in [-0.25, -0.2) is 21.2 Å². The lowest BCUT2D eigenvalue weighted by atomic mass is 10.3. The highest BCUT2D eigenvalue weighted by molar-refractivity contribution is 7.93. The SMILES string of the molecule is COc1ccc(NS(=O)(=O)c2ccc(NC(=O)CN(c3ccc(F)cc3)S(=O)(=O)c3ccc4c(c3)OCCO4)cc2)cc1. The molecule has 2 N–H and O–H groups in total. The summed E-state index contributed by atoms with van der Waals surface area (Å²) in [6, 6.07) is 20.4. The van der Waals surface area contributed by atoms with Crippen LogP contribution in [-0.2, 0) is 24.8 Å². The standard InChI is InChI=1S/C29H26FN3O8S2/c1-39-24-10-4-22(5-11-24)32-42(35,36)25-12-6-21(7-13-25)31-29(34)19-33(23-8-2-20(30)3-9-23)43(37,38)26-14-15-27-28(18-26)41-17-16-40-27/h2-15,18,32H,16-17,19H2,1H3,(H,31,34). The first-order valence-electron chi connectivity index (χ1n) is 12.8. The zero-order valence-corrected chi connectivity index (χ0v) is 24.3. The highest BCUT2D eigenvalue weighted by Crippen LogP contribution is 2.34. The third kappa shape index (κ3) is 6.81. The predicted octanol–water partition coefficient (Wildman–Crippen LogP) is 4.24. The maximum absolute atomic E-state index is 13.7. The molecule has 0 saturated carbocycles. The summed E-state index contributed by atoms with van der Waals surface area (Å²) in [5.41, 5.74) is 0.611. The number of carbonyl (C=O) groups excluding carboxylic acids is 1. The highest BCUT2D eigenvalue weighted by atomic mass is 32.2. The van der Waals surface area contributed by atoms with E-state index in [-0.39, 0.29) is 33.5 Å². The minimum Gasteiger partial charge on any atom is -0.497 e. The second-order valence-electron chi connectivity index (χ2n) is 9.20. The number of hydrogen-bond donors (Lipinski definition) is 2. The second kappa shape index (κ2) is 12.2. The number of nitrogens with zero attached hydrogens (tertiary/aromatic N) is 1. The van der Waals surface area contributed by atoms with Crippen LogP contribution in [0.4, 0.5) is 21.5 Å². The van der Waals surface area contributed by atoms with Crippen molar-refractivity contribution in [2.24, 2.45) is 0 Å². The molecular weight excluding hydrogens is 601 g/mol. The number of benzene rings is 4. The number of amides is 1. The molecule has 0 fully saturated rings. The fourth-order valence-corrected chi connectivity index (χ4v) is 6.65. The molecule has 1 aliphatic rings. The lowest BCUT2D eigenvalue weighted by molar-refractivity contribution is -0.114. The Morgan fingerprint density at radius 3 is 2.07 bits per heavy atom. The number of carbonyl (C=O) groups is 1. The van der Waals surface area contributed by atoms with Crippen LogP contribution < -0.4 is 28.6 Å². The Hall–Kier alpha value is -4.82. The molecule has 1 amide bonds. The van der Waals surface area contributed by atoms with Gasteiger partial charge in [0.15, 0.2) is 11.5 Å². The number of hydrogen-bond acceptors (Lipinski definition) is 8. The lowest BCUT2D eigenvalue weighted by Crippen LogP contribution is -2.38. The monoisotopic (exact) mass is 627 g/mol. The van der Waals surface area contributed by atoms with Gasteiger partial charge in [-0.3, -0.25) is 13.8 Å². The summed E-state index contributed by atoms with van der Waals surface area (Å²) in [6.07, 6.45) is 0. The number of ether oxygens (including phenoxy) is 3. The van der Waals surface area contributed by atoms with E-state index in [1.807, 2.05) is 0 Å². The number of sulfonamides is 2. The maximum Gasteiger partial charge on any atom is 0.264 e. The molecular formula is C29H26FN3O8S2. The molecule has 4 aromatic carbocycles. The van der Waals surface area contributed by atoms with Crippen molar-refractivity contribution >= 4 is 43.0 Å². The van der Waals surface area contributed by atoms with Crippen LogP contribution >= 0.6 is 0 Å². The molecule has 0 unspecified atom stereocenters. The molecule has 0 atom stereocenters. The first-order chi connectivity index (χ1) is 20.5. The number of rotatable bonds is 10. The Morgan fingerprint density at radius 1 is 0.814 bits per heavy atom. The van der Waals surface area contributed by atoms with Crippen LogP contribution in [0.1, 0.15) is 0 Å². The maximum atomic E-state index is 13.7. The molecule has 1 heterocycles. The van der Waals surface area contributed by atoms with Crippen molar-refractivity contribution in [3.05, 3.63) is 96.8 Å². The topological polar surface area (TPSA) is 140 Å². The molecule has 0 spiro atoms. The molecule has 0 saturated heterocycles. The molecule has 0 radical (unpaired) electrons. The summed E-state index contributed by atoms with van der Waals surface area (Å²) in [6.45, 7) is -0.0905. The molecule has 43 heavy (non-hydrogen) atoms. The fourth-order valence-electron chi connectivity index (χ4n) is 4.16. The Balaban J connectivity index is 1.33. The summed E-state index contributed by atoms with van der Waals surface area (Å²) in [7, 11) is -6.76. The number of fused-ring (bicyclic) bond motifs is 1. The van der Waals surface area contributed by atoms with E-state index in [1.165, 1.54) is 61.7 Å². The molecule has 1 aliphatic heterocycles. The number of halogens is 1. The van der Waals surface area contributed by atoms with Gasteiger partial charge < -0.3 is 19.5 Å². The van der Waals surface area contributed by atoms with Crippen LogP contribution in [0.3, 0.4) is 0 Å². The Kier molecular flexibility index (Phi) is 8.41. The Morgan fingerprint density at radius 2 is 1.42 bits per heavy atom. The van der Waals surface area contributed by atoms with Gasteiger partial charge in [0, 0.05) is 17.4 Å². The van der Waals surface area contributed by atoms with Gasteiger partial charge >= 0.3 is 0 Å². The quantitative estimate of drug-likeness (QED) is 0.266. The van der Waals surface area contributed by atoms with E-state index in [1.54, 1.807) is 24.3 Å². The smallest absolute Gasteiger partial charge is 0.264 e. The van der Waals surface area contributed by atoms with Crippen molar-refractivity contribution in [1.29, 1.82) is 0 Å². The van der Waals surface area contributed by atoms with Gasteiger partial charge in [-0.1, -0.05) is 0 Å². The van der Waals surface area contributed by atoms with Crippen molar-refractivity contribution in [2.75, 3.05) is 41.2 Å². The number of anilines is 3. The molecule has 0 aromatic heterocycles. The third-order valence-corrected chi connectivity index (χ3v) is 9.46. The lowest BCUT2D eigenvalue weighted by Gasteiger charge is -2.25. The molecule has 0 bridgehead atoms. The van der Waals surface area contributed by atoms with E-state index in [4.69, 9.17) is 14.2 Å². The van der Waals surface area contributed by atoms with Gasteiger partial charge in [0.25, 0.3) is 20.0 Å². The van der Waals surface area contributed by atoms with Gasteiger partial charge in [-0.2, -0.15) is 0 Å². The van der Waals surface area contributed by atoms with Crippen molar-refractivity contribution in [1.82, 2.24) is 0 Å². The summed E-state index contributed by atoms with van der Waals surface area (Å²) < 4.78 is 86.0. The fraction of sp³-hybridized carbons (Fsp3) is 0.138. The van der Waals surface area contributed by atoms with Crippen molar-refractivity contribution in [2.45, 2.75) is 9.79 Å². The Labute approximate surface area is 247 Å². The first-order valence-corrected chi connectivity index (χ1v) is 15.7. The van der Waals surface area contributed by atoms with Crippen molar-refractivity contribution in [3.63, 3.8) is 0 Å². The van der Waals surface area contributed by atoms with E-state index >= 15 is 0 Å². The van der Waals surface area contributed by atoms with E-state index in [2.05, 4.69) is 10.0 Å². The van der Waals surface area contributed by atoms with Gasteiger partial charge in [0.05, 0.1) is 22.6 Å². The van der Waals surface area contributed by atoms with E-state index in [9.17, 15) is 26.0 Å². The molecule has 224 valence electrons. The van der Waals surface area contributed by atoms with E-state index in [0.29, 0.717) is 23.8 Å². The largest absolute Gasteiger partial charge is 0.497 e. The van der Waals surface area contributed by atoms with Crippen LogP contribution in [0.5, 0.6) is 17.2 Å². The zero-order chi connectivity index (χ0) is 30.6. The normalized spacial score (nSPS) is 12.7. The molecule has 4 aromatic rings. The van der Waals surface area contributed by atoms with Crippen molar-refractivity contribution in [3.8, 4) is 17.2 Å². The van der Waals surface area contributed by atoms with Gasteiger partial charge in [0.1, 0.15) is 31.3 Å². The van der Waals surface area contributed by atoms with Gasteiger partial charge in [-0.15, -0.1) is 0 Å². The van der Waals surface area contributed by atoms with Gasteiger partial charge in [0.2, 0.25) is 5.91 Å². The van der Waals surface area contributed by atoms with E-state index in [0.717, 1.165) is 16.4 Å². The Bertz CT molecular complexity index is 1830. The molecule has 5 rings (SSSR count). The van der Waals surface area contributed by atoms with Crippen LogP contribution in [0.25, 0.3) is 0 Å². The summed E-state index contributed by atoms with van der Waals surface area (Å²) in [5.74, 6) is -0.104. The minimum atomic E-state index is -4.33. The molecule has 0 aliphatic carbocycles. The summed E-state index contributed by atoms with van der Waals surface area (Å²) in [4.78, 5) is 12.9. The minimum absolute atomic E-state index is 0.0532. The summed E-state index contributed by atoms with van der Waals surface area (Å²) >= 11 is 0. The summed E-state index contributed by atoms with van der Waals surface area (Å²) in [5, 5.41) is 2.58. The molecule has 11 nitrogen and oxygen atoms in total. The average Bonchev–Trinajstić information content (AvgIpc) is 3.00. The van der Waals surface area contributed by atoms with Crippen LogP contribution in [0.15, 0.2) is 101 Å². The first kappa shape index (κ1) is 29.7. The second-order valence-corrected chi connectivity index (χ2v) is 12.7. The number of methoxy groups -OCH3 is 1. The van der Waals surface area contributed by atoms with Gasteiger partial charge in [-0.05, 0) is 84.9 Å². The van der Waals surface area contributed by atoms with Crippen LogP contribution in [0, 0.1) is 5.82 Å². The predicted molar refractivity (Wildman–Crippen MR) is 157 cm³/mol. The highest BCUT2D eigenvalue weighted by Gasteiger charge is 2.29. The van der Waals surface area contributed by atoms with Crippen molar-refractivity contribution < 1.29 is 40.2 Å². The zero-order valence-electron chi connectivity index (χ0n) is 22.7.